The second kappa shape index (κ2) is 8.31. The van der Waals surface area contributed by atoms with E-state index in [1.165, 1.54) is 21.9 Å². The normalized spacial score (nSPS) is 9.00. The molecule has 0 aliphatic heterocycles. The molecule has 0 bridgehead atoms. The van der Waals surface area contributed by atoms with Crippen LogP contribution < -0.4 is 0 Å². The van der Waals surface area contributed by atoms with E-state index in [1.807, 2.05) is 13.0 Å². The Morgan fingerprint density at radius 2 is 1.68 bits per heavy atom. The lowest BCUT2D eigenvalue weighted by Crippen LogP contribution is -1.80. The molecular formula is C17H20BO. The Morgan fingerprint density at radius 1 is 1.16 bits per heavy atom. The average molecular weight is 251 g/mol. The molecule has 0 aliphatic carbocycles. The molecule has 97 valence electrons. The maximum atomic E-state index is 9.81. The number of hydrogen-bond donors (Lipinski definition) is 0. The van der Waals surface area contributed by atoms with Gasteiger partial charge in [0.1, 0.15) is 5.78 Å². The molecule has 2 heteroatoms. The number of ketones is 1. The number of rotatable bonds is 2. The molecule has 0 amide bonds. The molecular weight excluding hydrogens is 231 g/mol. The zero-order valence-corrected chi connectivity index (χ0v) is 11.9. The number of Topliss-reactive ketones (excluding diaryl/α,β-unsaturated/α-hetero) is 1. The molecule has 0 spiro atoms. The third-order valence-corrected chi connectivity index (χ3v) is 2.89. The minimum Gasteiger partial charge on any atom is -0.300 e. The van der Waals surface area contributed by atoms with Crippen molar-refractivity contribution in [2.75, 3.05) is 0 Å². The molecule has 0 unspecified atom stereocenters. The Labute approximate surface area is 117 Å². The number of fused-ring (bicyclic) bond motifs is 1. The summed E-state index contributed by atoms with van der Waals surface area (Å²) in [6.07, 6.45) is 2.57. The maximum Gasteiger partial charge on any atom is 0.129 e. The van der Waals surface area contributed by atoms with Gasteiger partial charge >= 0.3 is 0 Å². The SMILES string of the molecule is C=Cc1cccc2c(C)cccc12.CCC(C)=O.[B]. The molecule has 0 N–H and O–H groups in total. The second-order valence-corrected chi connectivity index (χ2v) is 4.28. The van der Waals surface area contributed by atoms with Crippen molar-refractivity contribution in [2.24, 2.45) is 0 Å². The molecule has 19 heavy (non-hydrogen) atoms. The van der Waals surface area contributed by atoms with E-state index in [0.29, 0.717) is 6.42 Å². The predicted molar refractivity (Wildman–Crippen MR) is 85.5 cm³/mol. The van der Waals surface area contributed by atoms with E-state index in [2.05, 4.69) is 49.9 Å². The van der Waals surface area contributed by atoms with Gasteiger partial charge in [-0.1, -0.05) is 56.0 Å². The highest BCUT2D eigenvalue weighted by molar-refractivity contribution is 5.92. The summed E-state index contributed by atoms with van der Waals surface area (Å²) in [4.78, 5) is 9.81. The lowest BCUT2D eigenvalue weighted by Gasteiger charge is -2.04. The Morgan fingerprint density at radius 3 is 2.21 bits per heavy atom. The number of aryl methyl sites for hydroxylation is 1. The Kier molecular flexibility index (Phi) is 7.51. The summed E-state index contributed by atoms with van der Waals surface area (Å²) in [6.45, 7) is 9.38. The lowest BCUT2D eigenvalue weighted by atomic mass is 10.0. The molecule has 2 aromatic carbocycles. The molecule has 0 heterocycles. The van der Waals surface area contributed by atoms with Crippen LogP contribution in [0.15, 0.2) is 43.0 Å². The molecule has 2 rings (SSSR count). The summed E-state index contributed by atoms with van der Waals surface area (Å²) in [5, 5.41) is 2.61. The van der Waals surface area contributed by atoms with Gasteiger partial charge in [-0.3, -0.25) is 0 Å². The highest BCUT2D eigenvalue weighted by atomic mass is 16.1. The molecule has 0 fully saturated rings. The fraction of sp³-hybridized carbons (Fsp3) is 0.235. The van der Waals surface area contributed by atoms with E-state index < -0.39 is 0 Å². The minimum absolute atomic E-state index is 0. The van der Waals surface area contributed by atoms with Crippen molar-refractivity contribution in [1.82, 2.24) is 0 Å². The van der Waals surface area contributed by atoms with Gasteiger partial charge in [0.2, 0.25) is 0 Å². The van der Waals surface area contributed by atoms with E-state index in [4.69, 9.17) is 0 Å². The molecule has 0 aliphatic rings. The number of carbonyl (C=O) groups is 1. The van der Waals surface area contributed by atoms with Gasteiger partial charge in [0.25, 0.3) is 0 Å². The van der Waals surface area contributed by atoms with E-state index in [9.17, 15) is 4.79 Å². The summed E-state index contributed by atoms with van der Waals surface area (Å²) >= 11 is 0. The zero-order chi connectivity index (χ0) is 13.5. The molecule has 1 nitrogen and oxygen atoms in total. The van der Waals surface area contributed by atoms with Crippen LogP contribution >= 0.6 is 0 Å². The van der Waals surface area contributed by atoms with E-state index in [-0.39, 0.29) is 14.2 Å². The van der Waals surface area contributed by atoms with E-state index in [0.717, 1.165) is 0 Å². The molecule has 0 saturated heterocycles. The zero-order valence-electron chi connectivity index (χ0n) is 11.9. The number of hydrogen-bond acceptors (Lipinski definition) is 1. The van der Waals surface area contributed by atoms with Gasteiger partial charge in [-0.15, -0.1) is 0 Å². The van der Waals surface area contributed by atoms with Gasteiger partial charge in [-0.2, -0.15) is 0 Å². The first kappa shape index (κ1) is 17.2. The lowest BCUT2D eigenvalue weighted by molar-refractivity contribution is -0.116. The molecule has 2 aromatic rings. The van der Waals surface area contributed by atoms with Crippen molar-refractivity contribution in [3.63, 3.8) is 0 Å². The van der Waals surface area contributed by atoms with Crippen molar-refractivity contribution < 1.29 is 4.79 Å². The first-order valence-electron chi connectivity index (χ1n) is 6.20. The van der Waals surface area contributed by atoms with Gasteiger partial charge in [-0.25, -0.2) is 0 Å². The summed E-state index contributed by atoms with van der Waals surface area (Å²) in [5.41, 5.74) is 2.53. The highest BCUT2D eigenvalue weighted by Gasteiger charge is 1.98. The van der Waals surface area contributed by atoms with Crippen LogP contribution in [-0.2, 0) is 4.79 Å². The minimum atomic E-state index is 0. The van der Waals surface area contributed by atoms with Crippen molar-refractivity contribution in [3.05, 3.63) is 54.1 Å². The first-order valence-corrected chi connectivity index (χ1v) is 6.20. The molecule has 3 radical (unpaired) electrons. The standard InChI is InChI=1S/C13H12.C4H8O.B/c1-3-11-7-5-8-12-10(2)6-4-9-13(11)12;1-3-4(2)5;/h3-9H,1H2,2H3;3H2,1-2H3;. The third-order valence-electron chi connectivity index (χ3n) is 2.89. The topological polar surface area (TPSA) is 17.1 Å². The second-order valence-electron chi connectivity index (χ2n) is 4.28. The Balaban J connectivity index is 0.000000471. The van der Waals surface area contributed by atoms with Gasteiger partial charge in [-0.05, 0) is 35.7 Å². The molecule has 0 saturated carbocycles. The quantitative estimate of drug-likeness (QED) is 0.723. The van der Waals surface area contributed by atoms with Crippen molar-refractivity contribution in [3.8, 4) is 0 Å². The summed E-state index contributed by atoms with van der Waals surface area (Å²) in [6, 6.07) is 12.7. The van der Waals surface area contributed by atoms with Crippen molar-refractivity contribution in [2.45, 2.75) is 27.2 Å². The van der Waals surface area contributed by atoms with Crippen LogP contribution in [0, 0.1) is 6.92 Å². The van der Waals surface area contributed by atoms with E-state index in [1.54, 1.807) is 6.92 Å². The Bertz CT molecular complexity index is 558. The fourth-order valence-corrected chi connectivity index (χ4v) is 1.67. The third kappa shape index (κ3) is 4.74. The number of benzene rings is 2. The smallest absolute Gasteiger partial charge is 0.129 e. The molecule has 0 aromatic heterocycles. The Hall–Kier alpha value is -1.83. The summed E-state index contributed by atoms with van der Waals surface area (Å²) in [5.74, 6) is 0.255. The van der Waals surface area contributed by atoms with Crippen LogP contribution in [0.4, 0.5) is 0 Å². The predicted octanol–water partition coefficient (Wildman–Crippen LogP) is 4.40. The fourth-order valence-electron chi connectivity index (χ4n) is 1.67. The van der Waals surface area contributed by atoms with Crippen molar-refractivity contribution >= 4 is 31.0 Å². The summed E-state index contributed by atoms with van der Waals surface area (Å²) < 4.78 is 0. The maximum absolute atomic E-state index is 9.81. The average Bonchev–Trinajstić information content (AvgIpc) is 2.39. The van der Waals surface area contributed by atoms with Crippen LogP contribution in [0.25, 0.3) is 16.8 Å². The largest absolute Gasteiger partial charge is 0.300 e. The van der Waals surface area contributed by atoms with E-state index >= 15 is 0 Å². The van der Waals surface area contributed by atoms with Gasteiger partial charge < -0.3 is 4.79 Å². The monoisotopic (exact) mass is 251 g/mol. The van der Waals surface area contributed by atoms with Crippen molar-refractivity contribution in [1.29, 1.82) is 0 Å². The van der Waals surface area contributed by atoms with Gasteiger partial charge in [0.15, 0.2) is 0 Å². The first-order chi connectivity index (χ1) is 8.60. The van der Waals surface area contributed by atoms with Gasteiger partial charge in [0, 0.05) is 14.8 Å². The number of carbonyl (C=O) groups excluding carboxylic acids is 1. The molecule has 0 atom stereocenters. The summed E-state index contributed by atoms with van der Waals surface area (Å²) in [7, 11) is 0. The van der Waals surface area contributed by atoms with Crippen LogP contribution in [0.3, 0.4) is 0 Å². The van der Waals surface area contributed by atoms with Gasteiger partial charge in [0.05, 0.1) is 0 Å². The van der Waals surface area contributed by atoms with Crippen LogP contribution in [0.1, 0.15) is 31.4 Å². The van der Waals surface area contributed by atoms with Crippen LogP contribution in [-0.4, -0.2) is 14.2 Å². The highest BCUT2D eigenvalue weighted by Crippen LogP contribution is 2.22. The van der Waals surface area contributed by atoms with Crippen LogP contribution in [0.5, 0.6) is 0 Å². The van der Waals surface area contributed by atoms with Crippen LogP contribution in [0.2, 0.25) is 0 Å².